The zero-order valence-electron chi connectivity index (χ0n) is 8.81. The van der Waals surface area contributed by atoms with Gasteiger partial charge in [-0.05, 0) is 6.92 Å². The Labute approximate surface area is 94.5 Å². The summed E-state index contributed by atoms with van der Waals surface area (Å²) in [7, 11) is 1.86. The predicted octanol–water partition coefficient (Wildman–Crippen LogP) is 1.81. The molecule has 0 bridgehead atoms. The first kappa shape index (κ1) is 11.7. The SMILES string of the molecule is CC(C#N)CN(C)c1ncc(CCl)cn1. The van der Waals surface area contributed by atoms with Gasteiger partial charge < -0.3 is 4.90 Å². The topological polar surface area (TPSA) is 52.8 Å². The van der Waals surface area contributed by atoms with Crippen molar-refractivity contribution in [3.8, 4) is 6.07 Å². The van der Waals surface area contributed by atoms with Crippen molar-refractivity contribution in [2.45, 2.75) is 12.8 Å². The molecule has 80 valence electrons. The van der Waals surface area contributed by atoms with Gasteiger partial charge in [-0.2, -0.15) is 5.26 Å². The molecular formula is C10H13ClN4. The van der Waals surface area contributed by atoms with Crippen LogP contribution in [0.3, 0.4) is 0 Å². The molecule has 1 unspecified atom stereocenters. The summed E-state index contributed by atoms with van der Waals surface area (Å²) in [4.78, 5) is 10.2. The van der Waals surface area contributed by atoms with Crippen molar-refractivity contribution in [2.24, 2.45) is 5.92 Å². The van der Waals surface area contributed by atoms with E-state index in [0.29, 0.717) is 18.4 Å². The normalized spacial score (nSPS) is 11.9. The van der Waals surface area contributed by atoms with Crippen LogP contribution < -0.4 is 4.90 Å². The van der Waals surface area contributed by atoms with Crippen LogP contribution in [-0.4, -0.2) is 23.6 Å². The Balaban J connectivity index is 2.66. The first-order valence-electron chi connectivity index (χ1n) is 4.65. The predicted molar refractivity (Wildman–Crippen MR) is 59.6 cm³/mol. The van der Waals surface area contributed by atoms with Crippen LogP contribution in [0.2, 0.25) is 0 Å². The molecule has 1 rings (SSSR count). The first-order valence-corrected chi connectivity index (χ1v) is 5.18. The molecule has 0 spiro atoms. The summed E-state index contributed by atoms with van der Waals surface area (Å²) < 4.78 is 0. The van der Waals surface area contributed by atoms with E-state index in [1.165, 1.54) is 0 Å². The Morgan fingerprint density at radius 3 is 2.60 bits per heavy atom. The van der Waals surface area contributed by atoms with Crippen LogP contribution in [0.5, 0.6) is 0 Å². The number of nitriles is 1. The highest BCUT2D eigenvalue weighted by atomic mass is 35.5. The van der Waals surface area contributed by atoms with Crippen molar-refractivity contribution >= 4 is 17.5 Å². The van der Waals surface area contributed by atoms with E-state index in [1.807, 2.05) is 18.9 Å². The van der Waals surface area contributed by atoms with Crippen LogP contribution in [0.15, 0.2) is 12.4 Å². The number of halogens is 1. The number of nitrogens with zero attached hydrogens (tertiary/aromatic N) is 4. The van der Waals surface area contributed by atoms with Crippen LogP contribution in [0.4, 0.5) is 5.95 Å². The minimum Gasteiger partial charge on any atom is -0.343 e. The van der Waals surface area contributed by atoms with E-state index in [4.69, 9.17) is 16.9 Å². The minimum atomic E-state index is -0.0358. The van der Waals surface area contributed by atoms with E-state index < -0.39 is 0 Å². The fourth-order valence-corrected chi connectivity index (χ4v) is 1.29. The maximum atomic E-state index is 8.68. The number of hydrogen-bond donors (Lipinski definition) is 0. The zero-order chi connectivity index (χ0) is 11.3. The molecule has 0 aliphatic rings. The highest BCUT2D eigenvalue weighted by Gasteiger charge is 2.08. The van der Waals surface area contributed by atoms with Gasteiger partial charge in [0, 0.05) is 31.5 Å². The van der Waals surface area contributed by atoms with E-state index >= 15 is 0 Å². The second-order valence-electron chi connectivity index (χ2n) is 3.44. The van der Waals surface area contributed by atoms with E-state index in [2.05, 4.69) is 16.0 Å². The van der Waals surface area contributed by atoms with Gasteiger partial charge in [-0.1, -0.05) is 0 Å². The maximum absolute atomic E-state index is 8.68. The molecule has 0 N–H and O–H groups in total. The molecule has 0 aromatic carbocycles. The average Bonchev–Trinajstić information content (AvgIpc) is 2.29. The highest BCUT2D eigenvalue weighted by Crippen LogP contribution is 2.08. The molecule has 5 heteroatoms. The van der Waals surface area contributed by atoms with Gasteiger partial charge in [0.25, 0.3) is 0 Å². The van der Waals surface area contributed by atoms with Gasteiger partial charge in [-0.15, -0.1) is 11.6 Å². The Morgan fingerprint density at radius 2 is 2.13 bits per heavy atom. The van der Waals surface area contributed by atoms with Crippen LogP contribution >= 0.6 is 11.6 Å². The summed E-state index contributed by atoms with van der Waals surface area (Å²) in [5.74, 6) is 0.996. The maximum Gasteiger partial charge on any atom is 0.225 e. The standard InChI is InChI=1S/C10H13ClN4/c1-8(4-12)7-15(2)10-13-5-9(3-11)6-14-10/h5-6,8H,3,7H2,1-2H3. The van der Waals surface area contributed by atoms with E-state index in [0.717, 1.165) is 5.56 Å². The van der Waals surface area contributed by atoms with Gasteiger partial charge in [-0.3, -0.25) is 0 Å². The lowest BCUT2D eigenvalue weighted by Crippen LogP contribution is -2.25. The molecule has 1 atom stereocenters. The summed E-state index contributed by atoms with van der Waals surface area (Å²) in [5, 5.41) is 8.68. The quantitative estimate of drug-likeness (QED) is 0.732. The van der Waals surface area contributed by atoms with Gasteiger partial charge in [0.05, 0.1) is 17.9 Å². The zero-order valence-corrected chi connectivity index (χ0v) is 9.57. The lowest BCUT2D eigenvalue weighted by molar-refractivity contribution is 0.702. The third-order valence-corrected chi connectivity index (χ3v) is 2.26. The molecule has 1 aromatic heterocycles. The molecule has 0 saturated carbocycles. The molecule has 0 radical (unpaired) electrons. The summed E-state index contributed by atoms with van der Waals surface area (Å²) >= 11 is 5.63. The van der Waals surface area contributed by atoms with Gasteiger partial charge in [0.1, 0.15) is 0 Å². The smallest absolute Gasteiger partial charge is 0.225 e. The van der Waals surface area contributed by atoms with Crippen molar-refractivity contribution in [1.29, 1.82) is 5.26 Å². The molecule has 1 aromatic rings. The summed E-state index contributed by atoms with van der Waals surface area (Å²) in [6.07, 6.45) is 3.39. The minimum absolute atomic E-state index is 0.0358. The molecule has 15 heavy (non-hydrogen) atoms. The van der Waals surface area contributed by atoms with Crippen LogP contribution in [0, 0.1) is 17.2 Å². The molecule has 0 aliphatic heterocycles. The Kier molecular flexibility index (Phi) is 4.32. The van der Waals surface area contributed by atoms with Crippen molar-refractivity contribution in [3.63, 3.8) is 0 Å². The second-order valence-corrected chi connectivity index (χ2v) is 3.70. The molecule has 0 saturated heterocycles. The van der Waals surface area contributed by atoms with Crippen molar-refractivity contribution < 1.29 is 0 Å². The monoisotopic (exact) mass is 224 g/mol. The summed E-state index contributed by atoms with van der Waals surface area (Å²) in [6, 6.07) is 2.17. The fourth-order valence-electron chi connectivity index (χ4n) is 1.15. The van der Waals surface area contributed by atoms with Crippen molar-refractivity contribution in [2.75, 3.05) is 18.5 Å². The molecule has 0 amide bonds. The Hall–Kier alpha value is -1.34. The molecule has 0 aliphatic carbocycles. The van der Waals surface area contributed by atoms with Gasteiger partial charge >= 0.3 is 0 Å². The third kappa shape index (κ3) is 3.37. The molecule has 1 heterocycles. The van der Waals surface area contributed by atoms with Crippen LogP contribution in [0.25, 0.3) is 0 Å². The fraction of sp³-hybridized carbons (Fsp3) is 0.500. The molecule has 4 nitrogen and oxygen atoms in total. The van der Waals surface area contributed by atoms with Gasteiger partial charge in [-0.25, -0.2) is 9.97 Å². The number of aromatic nitrogens is 2. The number of anilines is 1. The lowest BCUT2D eigenvalue weighted by Gasteiger charge is -2.17. The van der Waals surface area contributed by atoms with E-state index in [-0.39, 0.29) is 5.92 Å². The highest BCUT2D eigenvalue weighted by molar-refractivity contribution is 6.17. The number of rotatable bonds is 4. The van der Waals surface area contributed by atoms with E-state index in [1.54, 1.807) is 12.4 Å². The largest absolute Gasteiger partial charge is 0.343 e. The second kappa shape index (κ2) is 5.52. The van der Waals surface area contributed by atoms with Gasteiger partial charge in [0.15, 0.2) is 0 Å². The average molecular weight is 225 g/mol. The van der Waals surface area contributed by atoms with Crippen molar-refractivity contribution in [3.05, 3.63) is 18.0 Å². The Bertz CT molecular complexity index is 343. The van der Waals surface area contributed by atoms with Gasteiger partial charge in [0.2, 0.25) is 5.95 Å². The first-order chi connectivity index (χ1) is 7.17. The summed E-state index contributed by atoms with van der Waals surface area (Å²) in [5.41, 5.74) is 0.891. The third-order valence-electron chi connectivity index (χ3n) is 1.96. The van der Waals surface area contributed by atoms with Crippen molar-refractivity contribution in [1.82, 2.24) is 9.97 Å². The number of hydrogen-bond acceptors (Lipinski definition) is 4. The number of alkyl halides is 1. The van der Waals surface area contributed by atoms with Crippen LogP contribution in [-0.2, 0) is 5.88 Å². The lowest BCUT2D eigenvalue weighted by atomic mass is 10.2. The molecular weight excluding hydrogens is 212 g/mol. The van der Waals surface area contributed by atoms with E-state index in [9.17, 15) is 0 Å². The summed E-state index contributed by atoms with van der Waals surface area (Å²) in [6.45, 7) is 2.49. The van der Waals surface area contributed by atoms with Crippen LogP contribution in [0.1, 0.15) is 12.5 Å². The molecule has 0 fully saturated rings. The Morgan fingerprint density at radius 1 is 1.53 bits per heavy atom.